The van der Waals surface area contributed by atoms with Crippen LogP contribution in [0.3, 0.4) is 0 Å². The Hall–Kier alpha value is -2.23. The first-order valence-corrected chi connectivity index (χ1v) is 5.89. The highest BCUT2D eigenvalue weighted by molar-refractivity contribution is 6.02. The summed E-state index contributed by atoms with van der Waals surface area (Å²) in [6.07, 6.45) is 0.984. The topological polar surface area (TPSA) is 54.9 Å². The second-order valence-electron chi connectivity index (χ2n) is 4.06. The van der Waals surface area contributed by atoms with E-state index >= 15 is 0 Å². The normalized spacial score (nSPS) is 10.1. The molecule has 1 heterocycles. The lowest BCUT2D eigenvalue weighted by Gasteiger charge is -2.05. The number of hydrogen-bond acceptors (Lipinski definition) is 3. The van der Waals surface area contributed by atoms with Crippen LogP contribution in [0.1, 0.15) is 28.7 Å². The summed E-state index contributed by atoms with van der Waals surface area (Å²) in [5.74, 6) is -0.244. The molecule has 1 aromatic heterocycles. The number of benzene rings is 1. The summed E-state index contributed by atoms with van der Waals surface area (Å²) in [6, 6.07) is 11.2. The zero-order valence-electron chi connectivity index (χ0n) is 10.5. The summed E-state index contributed by atoms with van der Waals surface area (Å²) in [6.45, 7) is 3.92. The molecule has 92 valence electrons. The molecule has 4 heteroatoms. The van der Waals surface area contributed by atoms with Crippen LogP contribution in [-0.4, -0.2) is 16.1 Å². The molecule has 0 radical (unpaired) electrons. The molecule has 0 aliphatic heterocycles. The van der Waals surface area contributed by atoms with Crippen LogP contribution in [0.4, 0.5) is 5.69 Å². The Bertz CT molecular complexity index is 532. The predicted molar refractivity (Wildman–Crippen MR) is 70.5 cm³/mol. The summed E-state index contributed by atoms with van der Waals surface area (Å²) in [4.78, 5) is 11.9. The van der Waals surface area contributed by atoms with Gasteiger partial charge in [-0.25, -0.2) is 0 Å². The Kier molecular flexibility index (Phi) is 3.67. The fourth-order valence-corrected chi connectivity index (χ4v) is 1.54. The Labute approximate surface area is 106 Å². The van der Waals surface area contributed by atoms with Crippen molar-refractivity contribution in [3.8, 4) is 0 Å². The molecular formula is C14H15N3O. The number of nitrogens with zero attached hydrogens (tertiary/aromatic N) is 2. The van der Waals surface area contributed by atoms with E-state index < -0.39 is 0 Å². The molecule has 2 rings (SSSR count). The van der Waals surface area contributed by atoms with E-state index in [0.29, 0.717) is 5.69 Å². The minimum atomic E-state index is -0.244. The lowest BCUT2D eigenvalue weighted by Crippen LogP contribution is -2.14. The Morgan fingerprint density at radius 3 is 2.39 bits per heavy atom. The van der Waals surface area contributed by atoms with E-state index in [1.54, 1.807) is 12.1 Å². The third kappa shape index (κ3) is 2.91. The fraction of sp³-hybridized carbons (Fsp3) is 0.214. The van der Waals surface area contributed by atoms with Crippen molar-refractivity contribution in [3.63, 3.8) is 0 Å². The van der Waals surface area contributed by atoms with E-state index in [1.165, 1.54) is 5.56 Å². The highest BCUT2D eigenvalue weighted by Crippen LogP contribution is 2.11. The zero-order valence-corrected chi connectivity index (χ0v) is 10.5. The van der Waals surface area contributed by atoms with E-state index in [9.17, 15) is 4.79 Å². The van der Waals surface area contributed by atoms with Crippen molar-refractivity contribution in [3.05, 3.63) is 53.3 Å². The van der Waals surface area contributed by atoms with E-state index in [0.717, 1.165) is 17.8 Å². The Morgan fingerprint density at radius 1 is 1.11 bits per heavy atom. The number of anilines is 1. The quantitative estimate of drug-likeness (QED) is 0.898. The highest BCUT2D eigenvalue weighted by Gasteiger charge is 2.07. The van der Waals surface area contributed by atoms with Crippen molar-refractivity contribution >= 4 is 11.6 Å². The molecule has 0 atom stereocenters. The highest BCUT2D eigenvalue weighted by atomic mass is 16.1. The lowest BCUT2D eigenvalue weighted by molar-refractivity contribution is 0.102. The van der Waals surface area contributed by atoms with Crippen LogP contribution in [0.2, 0.25) is 0 Å². The monoisotopic (exact) mass is 241 g/mol. The average molecular weight is 241 g/mol. The van der Waals surface area contributed by atoms with Gasteiger partial charge < -0.3 is 5.32 Å². The molecule has 0 bridgehead atoms. The van der Waals surface area contributed by atoms with Gasteiger partial charge in [-0.3, -0.25) is 4.79 Å². The maximum Gasteiger partial charge on any atom is 0.276 e. The molecular weight excluding hydrogens is 226 g/mol. The van der Waals surface area contributed by atoms with Gasteiger partial charge in [-0.05, 0) is 43.2 Å². The minimum Gasteiger partial charge on any atom is -0.321 e. The van der Waals surface area contributed by atoms with Crippen LogP contribution in [-0.2, 0) is 6.42 Å². The largest absolute Gasteiger partial charge is 0.321 e. The molecule has 0 spiro atoms. The van der Waals surface area contributed by atoms with Gasteiger partial charge in [0, 0.05) is 5.69 Å². The first kappa shape index (κ1) is 12.2. The number of aryl methyl sites for hydroxylation is 2. The maximum atomic E-state index is 11.9. The lowest BCUT2D eigenvalue weighted by atomic mass is 10.1. The van der Waals surface area contributed by atoms with Crippen molar-refractivity contribution in [2.24, 2.45) is 0 Å². The third-order valence-corrected chi connectivity index (χ3v) is 2.65. The number of amides is 1. The second-order valence-corrected chi connectivity index (χ2v) is 4.06. The summed E-state index contributed by atoms with van der Waals surface area (Å²) in [7, 11) is 0. The van der Waals surface area contributed by atoms with Crippen molar-refractivity contribution in [1.82, 2.24) is 10.2 Å². The first-order valence-electron chi connectivity index (χ1n) is 5.89. The Balaban J connectivity index is 2.08. The van der Waals surface area contributed by atoms with Gasteiger partial charge in [0.15, 0.2) is 5.69 Å². The van der Waals surface area contributed by atoms with E-state index in [1.807, 2.05) is 31.2 Å². The first-order chi connectivity index (χ1) is 8.69. The zero-order chi connectivity index (χ0) is 13.0. The van der Waals surface area contributed by atoms with Gasteiger partial charge in [0.05, 0.1) is 5.69 Å². The van der Waals surface area contributed by atoms with Crippen molar-refractivity contribution in [1.29, 1.82) is 0 Å². The van der Waals surface area contributed by atoms with Crippen molar-refractivity contribution in [2.75, 3.05) is 5.32 Å². The van der Waals surface area contributed by atoms with Crippen LogP contribution >= 0.6 is 0 Å². The third-order valence-electron chi connectivity index (χ3n) is 2.65. The number of aromatic nitrogens is 2. The fourth-order valence-electron chi connectivity index (χ4n) is 1.54. The number of carbonyl (C=O) groups excluding carboxylic acids is 1. The van der Waals surface area contributed by atoms with Crippen LogP contribution in [0, 0.1) is 6.92 Å². The van der Waals surface area contributed by atoms with E-state index in [-0.39, 0.29) is 5.91 Å². The summed E-state index contributed by atoms with van der Waals surface area (Å²) in [5, 5.41) is 10.5. The van der Waals surface area contributed by atoms with Gasteiger partial charge in [-0.2, -0.15) is 5.10 Å². The molecule has 4 nitrogen and oxygen atoms in total. The predicted octanol–water partition coefficient (Wildman–Crippen LogP) is 2.60. The molecule has 0 saturated carbocycles. The number of carbonyl (C=O) groups is 1. The van der Waals surface area contributed by atoms with E-state index in [2.05, 4.69) is 22.4 Å². The molecule has 2 aromatic rings. The molecule has 1 amide bonds. The number of hydrogen-bond donors (Lipinski definition) is 1. The second kappa shape index (κ2) is 5.40. The number of nitrogens with one attached hydrogen (secondary N) is 1. The van der Waals surface area contributed by atoms with E-state index in [4.69, 9.17) is 0 Å². The number of rotatable bonds is 3. The molecule has 0 unspecified atom stereocenters. The average Bonchev–Trinajstić information content (AvgIpc) is 2.40. The van der Waals surface area contributed by atoms with Crippen molar-refractivity contribution < 1.29 is 4.79 Å². The molecule has 1 aromatic carbocycles. The van der Waals surface area contributed by atoms with Crippen LogP contribution in [0.25, 0.3) is 0 Å². The van der Waals surface area contributed by atoms with Gasteiger partial charge in [0.1, 0.15) is 0 Å². The molecule has 18 heavy (non-hydrogen) atoms. The van der Waals surface area contributed by atoms with Gasteiger partial charge in [-0.15, -0.1) is 5.10 Å². The van der Waals surface area contributed by atoms with Gasteiger partial charge in [0.2, 0.25) is 0 Å². The van der Waals surface area contributed by atoms with Gasteiger partial charge in [-0.1, -0.05) is 19.1 Å². The standard InChI is InChI=1S/C14H15N3O/c1-3-11-5-7-12(8-6-11)15-14(18)13-9-4-10(2)16-17-13/h4-9H,3H2,1-2H3,(H,15,18). The molecule has 0 saturated heterocycles. The van der Waals surface area contributed by atoms with Crippen molar-refractivity contribution in [2.45, 2.75) is 20.3 Å². The smallest absolute Gasteiger partial charge is 0.276 e. The molecule has 0 aliphatic rings. The van der Waals surface area contributed by atoms with Gasteiger partial charge in [0.25, 0.3) is 5.91 Å². The Morgan fingerprint density at radius 2 is 1.83 bits per heavy atom. The summed E-state index contributed by atoms with van der Waals surface area (Å²) in [5.41, 5.74) is 3.11. The maximum absolute atomic E-state index is 11.9. The van der Waals surface area contributed by atoms with Crippen LogP contribution < -0.4 is 5.32 Å². The minimum absolute atomic E-state index is 0.244. The van der Waals surface area contributed by atoms with Crippen LogP contribution in [0.15, 0.2) is 36.4 Å². The summed E-state index contributed by atoms with van der Waals surface area (Å²) >= 11 is 0. The molecule has 0 aliphatic carbocycles. The molecule has 1 N–H and O–H groups in total. The SMILES string of the molecule is CCc1ccc(NC(=O)c2ccc(C)nn2)cc1. The molecule has 0 fully saturated rings. The van der Waals surface area contributed by atoms with Crippen LogP contribution in [0.5, 0.6) is 0 Å². The summed E-state index contributed by atoms with van der Waals surface area (Å²) < 4.78 is 0. The van der Waals surface area contributed by atoms with Gasteiger partial charge >= 0.3 is 0 Å².